The lowest BCUT2D eigenvalue weighted by Gasteiger charge is -2.25. The number of amides is 1. The first kappa shape index (κ1) is 17.6. The van der Waals surface area contributed by atoms with E-state index in [9.17, 15) is 4.79 Å². The van der Waals surface area contributed by atoms with E-state index in [0.29, 0.717) is 12.3 Å². The quantitative estimate of drug-likeness (QED) is 0.848. The van der Waals surface area contributed by atoms with Crippen LogP contribution in [0.25, 0.3) is 0 Å². The highest BCUT2D eigenvalue weighted by Crippen LogP contribution is 2.30. The van der Waals surface area contributed by atoms with E-state index in [1.807, 2.05) is 0 Å². The van der Waals surface area contributed by atoms with Gasteiger partial charge in [0, 0.05) is 43.4 Å². The van der Waals surface area contributed by atoms with E-state index in [4.69, 9.17) is 5.73 Å². The zero-order valence-corrected chi connectivity index (χ0v) is 15.8. The van der Waals surface area contributed by atoms with E-state index in [1.165, 1.54) is 10.4 Å². The van der Waals surface area contributed by atoms with Gasteiger partial charge < -0.3 is 11.1 Å². The van der Waals surface area contributed by atoms with Gasteiger partial charge in [-0.05, 0) is 24.3 Å². The molecule has 2 heterocycles. The Morgan fingerprint density at radius 1 is 1.31 bits per heavy atom. The third-order valence-corrected chi connectivity index (χ3v) is 6.47. The summed E-state index contributed by atoms with van der Waals surface area (Å²) in [6.07, 6.45) is 4.72. The van der Waals surface area contributed by atoms with E-state index in [-0.39, 0.29) is 11.9 Å². The molecule has 6 heteroatoms. The Balaban J connectivity index is 1.34. The van der Waals surface area contributed by atoms with Gasteiger partial charge in [-0.1, -0.05) is 36.8 Å². The van der Waals surface area contributed by atoms with E-state index < -0.39 is 0 Å². The van der Waals surface area contributed by atoms with Gasteiger partial charge in [0.2, 0.25) is 5.91 Å². The largest absolute Gasteiger partial charge is 0.327 e. The maximum atomic E-state index is 12.3. The number of carbonyl (C=O) groups is 1. The molecular formula is C20H26N4OS. The van der Waals surface area contributed by atoms with Gasteiger partial charge in [0.15, 0.2) is 5.13 Å². The minimum absolute atomic E-state index is 0.0552. The van der Waals surface area contributed by atoms with Crippen LogP contribution in [0.3, 0.4) is 0 Å². The van der Waals surface area contributed by atoms with Crippen LogP contribution < -0.4 is 11.1 Å². The molecule has 2 atom stereocenters. The maximum absolute atomic E-state index is 12.3. The van der Waals surface area contributed by atoms with Gasteiger partial charge in [0.1, 0.15) is 0 Å². The van der Waals surface area contributed by atoms with E-state index in [0.717, 1.165) is 56.1 Å². The molecule has 1 aliphatic carbocycles. The summed E-state index contributed by atoms with van der Waals surface area (Å²) < 4.78 is 0. The van der Waals surface area contributed by atoms with Gasteiger partial charge in [0.25, 0.3) is 0 Å². The van der Waals surface area contributed by atoms with Crippen LogP contribution in [-0.2, 0) is 24.3 Å². The molecule has 1 fully saturated rings. The average molecular weight is 371 g/mol. The fourth-order valence-corrected chi connectivity index (χ4v) is 5.07. The number of nitrogens with zero attached hydrogens (tertiary/aromatic N) is 2. The van der Waals surface area contributed by atoms with Gasteiger partial charge in [-0.2, -0.15) is 0 Å². The number of anilines is 1. The number of fused-ring (bicyclic) bond motifs is 1. The van der Waals surface area contributed by atoms with Crippen molar-refractivity contribution in [3.63, 3.8) is 0 Å². The molecule has 0 saturated heterocycles. The summed E-state index contributed by atoms with van der Waals surface area (Å²) in [4.78, 5) is 20.7. The lowest BCUT2D eigenvalue weighted by molar-refractivity contribution is -0.117. The fraction of sp³-hybridized carbons (Fsp3) is 0.500. The minimum Gasteiger partial charge on any atom is -0.327 e. The second kappa shape index (κ2) is 7.86. The Morgan fingerprint density at radius 2 is 2.15 bits per heavy atom. The smallest absolute Gasteiger partial charge is 0.226 e. The van der Waals surface area contributed by atoms with Crippen molar-refractivity contribution in [2.45, 2.75) is 51.2 Å². The Hall–Kier alpha value is -1.76. The number of nitrogens with two attached hydrogens (primary N) is 1. The maximum Gasteiger partial charge on any atom is 0.226 e. The van der Waals surface area contributed by atoms with Crippen LogP contribution in [0, 0.1) is 5.92 Å². The SMILES string of the molecule is N[C@@H]1CCC[C@H]1CC(=O)Nc1nc2c(s1)CN(Cc1ccccc1)CC2. The van der Waals surface area contributed by atoms with Crippen molar-refractivity contribution in [2.24, 2.45) is 11.7 Å². The van der Waals surface area contributed by atoms with Crippen molar-refractivity contribution >= 4 is 22.4 Å². The summed E-state index contributed by atoms with van der Waals surface area (Å²) in [5.74, 6) is 0.380. The van der Waals surface area contributed by atoms with Gasteiger partial charge in [-0.15, -0.1) is 11.3 Å². The molecule has 0 radical (unpaired) electrons. The first-order valence-electron chi connectivity index (χ1n) is 9.47. The van der Waals surface area contributed by atoms with E-state index >= 15 is 0 Å². The van der Waals surface area contributed by atoms with Crippen LogP contribution in [0.5, 0.6) is 0 Å². The highest BCUT2D eigenvalue weighted by Gasteiger charge is 2.27. The molecule has 4 rings (SSSR count). The van der Waals surface area contributed by atoms with Crippen molar-refractivity contribution in [3.05, 3.63) is 46.5 Å². The zero-order chi connectivity index (χ0) is 17.9. The number of rotatable bonds is 5. The van der Waals surface area contributed by atoms with Crippen LogP contribution in [0.1, 0.15) is 41.8 Å². The number of nitrogens with one attached hydrogen (secondary N) is 1. The first-order chi connectivity index (χ1) is 12.7. The van der Waals surface area contributed by atoms with Crippen molar-refractivity contribution in [2.75, 3.05) is 11.9 Å². The predicted molar refractivity (Wildman–Crippen MR) is 105 cm³/mol. The Bertz CT molecular complexity index is 760. The molecule has 26 heavy (non-hydrogen) atoms. The predicted octanol–water partition coefficient (Wildman–Crippen LogP) is 3.16. The Morgan fingerprint density at radius 3 is 2.92 bits per heavy atom. The molecule has 2 aliphatic rings. The van der Waals surface area contributed by atoms with E-state index in [1.54, 1.807) is 11.3 Å². The number of carbonyl (C=O) groups excluding carboxylic acids is 1. The third-order valence-electron chi connectivity index (χ3n) is 5.47. The van der Waals surface area contributed by atoms with Crippen LogP contribution in [0.2, 0.25) is 0 Å². The number of aromatic nitrogens is 1. The Labute approximate surface area is 158 Å². The summed E-state index contributed by atoms with van der Waals surface area (Å²) in [6, 6.07) is 10.7. The van der Waals surface area contributed by atoms with Crippen molar-refractivity contribution < 1.29 is 4.79 Å². The summed E-state index contributed by atoms with van der Waals surface area (Å²) in [7, 11) is 0. The molecule has 1 amide bonds. The summed E-state index contributed by atoms with van der Waals surface area (Å²) in [5, 5.41) is 3.75. The van der Waals surface area contributed by atoms with Crippen LogP contribution in [0.4, 0.5) is 5.13 Å². The second-order valence-corrected chi connectivity index (χ2v) is 8.53. The van der Waals surface area contributed by atoms with Gasteiger partial charge in [-0.3, -0.25) is 9.69 Å². The molecule has 1 aromatic heterocycles. The highest BCUT2D eigenvalue weighted by molar-refractivity contribution is 7.15. The van der Waals surface area contributed by atoms with Crippen molar-refractivity contribution in [1.82, 2.24) is 9.88 Å². The minimum atomic E-state index is 0.0552. The first-order valence-corrected chi connectivity index (χ1v) is 10.3. The van der Waals surface area contributed by atoms with Gasteiger partial charge in [0.05, 0.1) is 5.69 Å². The summed E-state index contributed by atoms with van der Waals surface area (Å²) in [6.45, 7) is 2.88. The number of thiazole rings is 1. The van der Waals surface area contributed by atoms with Crippen molar-refractivity contribution in [3.8, 4) is 0 Å². The summed E-state index contributed by atoms with van der Waals surface area (Å²) in [5.41, 5.74) is 8.56. The molecular weight excluding hydrogens is 344 g/mol. The van der Waals surface area contributed by atoms with Crippen LogP contribution in [-0.4, -0.2) is 28.4 Å². The van der Waals surface area contributed by atoms with E-state index in [2.05, 4.69) is 45.5 Å². The second-order valence-electron chi connectivity index (χ2n) is 7.44. The van der Waals surface area contributed by atoms with Gasteiger partial charge in [-0.25, -0.2) is 4.98 Å². The van der Waals surface area contributed by atoms with Crippen LogP contribution in [0.15, 0.2) is 30.3 Å². The monoisotopic (exact) mass is 370 g/mol. The molecule has 1 aromatic carbocycles. The molecule has 1 saturated carbocycles. The molecule has 1 aliphatic heterocycles. The molecule has 0 bridgehead atoms. The fourth-order valence-electron chi connectivity index (χ4n) is 4.01. The summed E-state index contributed by atoms with van der Waals surface area (Å²) >= 11 is 1.62. The number of hydrogen-bond acceptors (Lipinski definition) is 5. The van der Waals surface area contributed by atoms with Crippen LogP contribution >= 0.6 is 11.3 Å². The standard InChI is InChI=1S/C20H26N4OS/c21-16-8-4-7-15(16)11-19(25)23-20-22-17-9-10-24(13-18(17)26-20)12-14-5-2-1-3-6-14/h1-3,5-6,15-16H,4,7-13,21H2,(H,22,23,25)/t15-,16+/m0/s1. The highest BCUT2D eigenvalue weighted by atomic mass is 32.1. The molecule has 138 valence electrons. The lowest BCUT2D eigenvalue weighted by Crippen LogP contribution is -2.29. The molecule has 5 nitrogen and oxygen atoms in total. The molecule has 2 aromatic rings. The topological polar surface area (TPSA) is 71.2 Å². The number of hydrogen-bond donors (Lipinski definition) is 2. The molecule has 0 unspecified atom stereocenters. The van der Waals surface area contributed by atoms with Gasteiger partial charge >= 0.3 is 0 Å². The number of benzene rings is 1. The molecule has 3 N–H and O–H groups in total. The third kappa shape index (κ3) is 4.14. The average Bonchev–Trinajstić information content (AvgIpc) is 3.21. The lowest BCUT2D eigenvalue weighted by atomic mass is 10.00. The van der Waals surface area contributed by atoms with Crippen molar-refractivity contribution in [1.29, 1.82) is 0 Å². The Kier molecular flexibility index (Phi) is 5.33. The normalized spacial score (nSPS) is 23.0. The molecule has 0 spiro atoms. The zero-order valence-electron chi connectivity index (χ0n) is 15.0.